The van der Waals surface area contributed by atoms with E-state index in [9.17, 15) is 9.90 Å². The third kappa shape index (κ3) is 2.65. The van der Waals surface area contributed by atoms with Gasteiger partial charge in [0.1, 0.15) is 11.7 Å². The highest BCUT2D eigenvalue weighted by Crippen LogP contribution is 2.42. The predicted octanol–water partition coefficient (Wildman–Crippen LogP) is 3.33. The third-order valence-corrected chi connectivity index (χ3v) is 4.04. The topological polar surface area (TPSA) is 62.1 Å². The molecule has 2 unspecified atom stereocenters. The van der Waals surface area contributed by atoms with E-state index in [0.717, 1.165) is 11.3 Å². The number of ether oxygens (including phenoxy) is 1. The molecule has 0 aromatic heterocycles. The van der Waals surface area contributed by atoms with Gasteiger partial charge in [0.2, 0.25) is 0 Å². The Labute approximate surface area is 134 Å². The van der Waals surface area contributed by atoms with Crippen LogP contribution in [-0.2, 0) is 4.79 Å². The largest absolute Gasteiger partial charge is 0.496 e. The Kier molecular flexibility index (Phi) is 4.02. The average Bonchev–Trinajstić information content (AvgIpc) is 2.93. The van der Waals surface area contributed by atoms with Gasteiger partial charge in [0.15, 0.2) is 0 Å². The number of rotatable bonds is 4. The molecule has 0 saturated carbocycles. The summed E-state index contributed by atoms with van der Waals surface area (Å²) in [5.74, 6) is -0.943. The number of hydrazone groups is 1. The van der Waals surface area contributed by atoms with Gasteiger partial charge in [0.25, 0.3) is 0 Å². The molecule has 5 nitrogen and oxygen atoms in total. The van der Waals surface area contributed by atoms with Crippen LogP contribution >= 0.6 is 0 Å². The molecule has 1 aliphatic rings. The lowest BCUT2D eigenvalue weighted by Gasteiger charge is -2.28. The highest BCUT2D eigenvalue weighted by atomic mass is 16.5. The molecule has 1 N–H and O–H groups in total. The Balaban J connectivity index is 2.13. The molecule has 0 bridgehead atoms. The number of para-hydroxylation sites is 2. The first-order valence-electron chi connectivity index (χ1n) is 7.38. The van der Waals surface area contributed by atoms with Gasteiger partial charge in [-0.05, 0) is 25.1 Å². The average molecular weight is 310 g/mol. The highest BCUT2D eigenvalue weighted by Gasteiger charge is 2.43. The van der Waals surface area contributed by atoms with Crippen molar-refractivity contribution in [3.63, 3.8) is 0 Å². The summed E-state index contributed by atoms with van der Waals surface area (Å²) in [5, 5.41) is 16.0. The lowest BCUT2D eigenvalue weighted by atomic mass is 9.90. The van der Waals surface area contributed by atoms with E-state index in [4.69, 9.17) is 4.74 Å². The van der Waals surface area contributed by atoms with E-state index in [0.29, 0.717) is 11.5 Å². The molecule has 0 amide bonds. The Morgan fingerprint density at radius 3 is 2.43 bits per heavy atom. The predicted molar refractivity (Wildman–Crippen MR) is 88.9 cm³/mol. The van der Waals surface area contributed by atoms with Crippen LogP contribution in [0.2, 0.25) is 0 Å². The standard InChI is InChI=1S/C18H18N2O3/c1-12-16(18(21)22)17(14-10-6-7-11-15(14)23-2)20(19-12)13-8-4-3-5-9-13/h3-11,16-17H,1-2H3,(H,21,22). The molecule has 2 aromatic carbocycles. The minimum absolute atomic E-state index is 0.439. The second-order valence-corrected chi connectivity index (χ2v) is 5.42. The molecule has 1 aliphatic heterocycles. The van der Waals surface area contributed by atoms with E-state index in [1.807, 2.05) is 54.6 Å². The Bertz CT molecular complexity index is 743. The zero-order valence-corrected chi connectivity index (χ0v) is 13.0. The Morgan fingerprint density at radius 1 is 1.13 bits per heavy atom. The van der Waals surface area contributed by atoms with Crippen LogP contribution in [0.3, 0.4) is 0 Å². The summed E-state index contributed by atoms with van der Waals surface area (Å²) in [6.07, 6.45) is 0. The van der Waals surface area contributed by atoms with Crippen molar-refractivity contribution in [1.82, 2.24) is 0 Å². The van der Waals surface area contributed by atoms with Crippen molar-refractivity contribution >= 4 is 17.4 Å². The first kappa shape index (κ1) is 15.1. The molecule has 118 valence electrons. The van der Waals surface area contributed by atoms with Gasteiger partial charge in [-0.2, -0.15) is 5.10 Å². The minimum Gasteiger partial charge on any atom is -0.496 e. The van der Waals surface area contributed by atoms with Gasteiger partial charge in [-0.15, -0.1) is 0 Å². The molecule has 0 aliphatic carbocycles. The van der Waals surface area contributed by atoms with Crippen LogP contribution in [0.5, 0.6) is 5.75 Å². The monoisotopic (exact) mass is 310 g/mol. The van der Waals surface area contributed by atoms with Crippen molar-refractivity contribution in [3.05, 3.63) is 60.2 Å². The molecule has 1 heterocycles. The van der Waals surface area contributed by atoms with Crippen LogP contribution in [0.15, 0.2) is 59.7 Å². The molecule has 2 atom stereocenters. The maximum absolute atomic E-state index is 11.8. The molecular weight excluding hydrogens is 292 g/mol. The first-order chi connectivity index (χ1) is 11.1. The van der Waals surface area contributed by atoms with Gasteiger partial charge in [0.05, 0.1) is 24.6 Å². The van der Waals surface area contributed by atoms with E-state index in [2.05, 4.69) is 5.10 Å². The summed E-state index contributed by atoms with van der Waals surface area (Å²) >= 11 is 0. The summed E-state index contributed by atoms with van der Waals surface area (Å²) in [5.41, 5.74) is 2.25. The number of hydrogen-bond acceptors (Lipinski definition) is 4. The van der Waals surface area contributed by atoms with Gasteiger partial charge < -0.3 is 9.84 Å². The van der Waals surface area contributed by atoms with E-state index < -0.39 is 17.9 Å². The van der Waals surface area contributed by atoms with Crippen LogP contribution < -0.4 is 9.75 Å². The third-order valence-electron chi connectivity index (χ3n) is 4.04. The lowest BCUT2D eigenvalue weighted by molar-refractivity contribution is -0.139. The second-order valence-electron chi connectivity index (χ2n) is 5.42. The smallest absolute Gasteiger partial charge is 0.314 e. The summed E-state index contributed by atoms with van der Waals surface area (Å²) in [6, 6.07) is 16.6. The fourth-order valence-electron chi connectivity index (χ4n) is 3.00. The van der Waals surface area contributed by atoms with Crippen molar-refractivity contribution in [3.8, 4) is 5.75 Å². The van der Waals surface area contributed by atoms with Crippen LogP contribution in [0.4, 0.5) is 5.69 Å². The molecule has 0 radical (unpaired) electrons. The van der Waals surface area contributed by atoms with Gasteiger partial charge in [0, 0.05) is 5.56 Å². The van der Waals surface area contributed by atoms with E-state index in [1.165, 1.54) is 0 Å². The van der Waals surface area contributed by atoms with Gasteiger partial charge >= 0.3 is 5.97 Å². The first-order valence-corrected chi connectivity index (χ1v) is 7.38. The summed E-state index contributed by atoms with van der Waals surface area (Å²) < 4.78 is 5.43. The van der Waals surface area contributed by atoms with Crippen molar-refractivity contribution in [2.45, 2.75) is 13.0 Å². The van der Waals surface area contributed by atoms with E-state index >= 15 is 0 Å². The van der Waals surface area contributed by atoms with Crippen LogP contribution in [0.25, 0.3) is 0 Å². The summed E-state index contributed by atoms with van der Waals surface area (Å²) in [7, 11) is 1.59. The van der Waals surface area contributed by atoms with E-state index in [1.54, 1.807) is 19.0 Å². The zero-order valence-electron chi connectivity index (χ0n) is 13.0. The maximum atomic E-state index is 11.8. The Hall–Kier alpha value is -2.82. The normalized spacial score (nSPS) is 20.3. The second kappa shape index (κ2) is 6.12. The van der Waals surface area contributed by atoms with Crippen molar-refractivity contribution in [2.75, 3.05) is 12.1 Å². The van der Waals surface area contributed by atoms with Crippen LogP contribution in [0.1, 0.15) is 18.5 Å². The summed E-state index contributed by atoms with van der Waals surface area (Å²) in [4.78, 5) is 11.8. The molecule has 3 rings (SSSR count). The highest BCUT2D eigenvalue weighted by molar-refractivity contribution is 6.03. The number of nitrogens with zero attached hydrogens (tertiary/aromatic N) is 2. The number of methoxy groups -OCH3 is 1. The minimum atomic E-state index is -0.888. The molecule has 5 heteroatoms. The van der Waals surface area contributed by atoms with Crippen molar-refractivity contribution in [1.29, 1.82) is 0 Å². The zero-order chi connectivity index (χ0) is 16.4. The van der Waals surface area contributed by atoms with Gasteiger partial charge in [-0.1, -0.05) is 36.4 Å². The molecule has 0 saturated heterocycles. The Morgan fingerprint density at radius 2 is 1.78 bits per heavy atom. The number of carbonyl (C=O) groups is 1. The number of anilines is 1. The van der Waals surface area contributed by atoms with Crippen molar-refractivity contribution in [2.24, 2.45) is 11.0 Å². The van der Waals surface area contributed by atoms with Crippen molar-refractivity contribution < 1.29 is 14.6 Å². The number of carboxylic acids is 1. The number of aliphatic carboxylic acids is 1. The maximum Gasteiger partial charge on any atom is 0.314 e. The SMILES string of the molecule is COc1ccccc1C1C(C(=O)O)C(C)=NN1c1ccccc1. The number of carboxylic acid groups (broad SMARTS) is 1. The molecule has 0 spiro atoms. The lowest BCUT2D eigenvalue weighted by Crippen LogP contribution is -2.30. The molecule has 23 heavy (non-hydrogen) atoms. The van der Waals surface area contributed by atoms with Gasteiger partial charge in [-0.3, -0.25) is 9.80 Å². The number of hydrogen-bond donors (Lipinski definition) is 1. The van der Waals surface area contributed by atoms with Crippen LogP contribution in [-0.4, -0.2) is 23.9 Å². The number of benzene rings is 2. The van der Waals surface area contributed by atoms with Crippen LogP contribution in [0, 0.1) is 5.92 Å². The molecular formula is C18H18N2O3. The van der Waals surface area contributed by atoms with E-state index in [-0.39, 0.29) is 0 Å². The molecule has 0 fully saturated rings. The fraction of sp³-hybridized carbons (Fsp3) is 0.222. The summed E-state index contributed by atoms with van der Waals surface area (Å²) in [6.45, 7) is 1.75. The molecule has 2 aromatic rings. The van der Waals surface area contributed by atoms with Gasteiger partial charge in [-0.25, -0.2) is 0 Å². The quantitative estimate of drug-likeness (QED) is 0.941. The fourth-order valence-corrected chi connectivity index (χ4v) is 3.00.